The maximum atomic E-state index is 8.59. The first-order chi connectivity index (χ1) is 6.33. The summed E-state index contributed by atoms with van der Waals surface area (Å²) >= 11 is 0. The molecule has 1 N–H and O–H groups in total. The van der Waals surface area contributed by atoms with Crippen molar-refractivity contribution in [2.75, 3.05) is 6.61 Å². The van der Waals surface area contributed by atoms with Crippen molar-refractivity contribution in [2.24, 2.45) is 0 Å². The number of rotatable bonds is 5. The predicted molar refractivity (Wildman–Crippen MR) is 52.3 cm³/mol. The molecule has 2 heteroatoms. The Morgan fingerprint density at radius 3 is 2.46 bits per heavy atom. The van der Waals surface area contributed by atoms with Crippen molar-refractivity contribution >= 4 is 0 Å². The Kier molecular flexibility index (Phi) is 4.47. The average Bonchev–Trinajstić information content (AvgIpc) is 2.15. The molecule has 0 aromatic carbocycles. The Morgan fingerprint density at radius 1 is 1.15 bits per heavy atom. The minimum atomic E-state index is 0.318. The second-order valence-electron chi connectivity index (χ2n) is 3.40. The van der Waals surface area contributed by atoms with Gasteiger partial charge in [0.1, 0.15) is 6.54 Å². The summed E-state index contributed by atoms with van der Waals surface area (Å²) in [5.74, 6) is 0. The third kappa shape index (κ3) is 4.04. The molecule has 1 rings (SSSR count). The zero-order valence-electron chi connectivity index (χ0n) is 8.24. The van der Waals surface area contributed by atoms with E-state index in [0.29, 0.717) is 6.61 Å². The lowest BCUT2D eigenvalue weighted by molar-refractivity contribution is -0.697. The van der Waals surface area contributed by atoms with Crippen LogP contribution in [0.5, 0.6) is 0 Å². The number of aliphatic hydroxyl groups excluding tert-OH is 1. The van der Waals surface area contributed by atoms with Gasteiger partial charge < -0.3 is 5.11 Å². The molecular weight excluding hydrogens is 162 g/mol. The van der Waals surface area contributed by atoms with E-state index in [-0.39, 0.29) is 0 Å². The largest absolute Gasteiger partial charge is 0.396 e. The van der Waals surface area contributed by atoms with Crippen LogP contribution in [0.15, 0.2) is 24.5 Å². The van der Waals surface area contributed by atoms with Gasteiger partial charge in [0.15, 0.2) is 12.4 Å². The molecule has 0 saturated carbocycles. The van der Waals surface area contributed by atoms with Crippen molar-refractivity contribution in [3.8, 4) is 0 Å². The third-order valence-electron chi connectivity index (χ3n) is 2.13. The highest BCUT2D eigenvalue weighted by Crippen LogP contribution is 1.95. The minimum absolute atomic E-state index is 0.318. The van der Waals surface area contributed by atoms with Gasteiger partial charge in [-0.2, -0.15) is 0 Å². The summed E-state index contributed by atoms with van der Waals surface area (Å²) in [6.07, 6.45) is 7.39. The lowest BCUT2D eigenvalue weighted by Gasteiger charge is -1.96. The highest BCUT2D eigenvalue weighted by Gasteiger charge is 1.97. The summed E-state index contributed by atoms with van der Waals surface area (Å²) in [5, 5.41) is 8.59. The summed E-state index contributed by atoms with van der Waals surface area (Å²) in [7, 11) is 0. The second kappa shape index (κ2) is 5.70. The van der Waals surface area contributed by atoms with E-state index in [1.165, 1.54) is 5.56 Å². The van der Waals surface area contributed by atoms with Crippen LogP contribution < -0.4 is 4.57 Å². The van der Waals surface area contributed by atoms with Gasteiger partial charge in [0.2, 0.25) is 0 Å². The van der Waals surface area contributed by atoms with Gasteiger partial charge in [0.25, 0.3) is 0 Å². The molecule has 0 aliphatic carbocycles. The zero-order valence-corrected chi connectivity index (χ0v) is 8.24. The summed E-state index contributed by atoms with van der Waals surface area (Å²) in [4.78, 5) is 0. The summed E-state index contributed by atoms with van der Waals surface area (Å²) in [6, 6.07) is 4.23. The number of aromatic nitrogens is 1. The molecule has 1 aromatic heterocycles. The van der Waals surface area contributed by atoms with Gasteiger partial charge in [-0.25, -0.2) is 4.57 Å². The van der Waals surface area contributed by atoms with Crippen LogP contribution in [-0.4, -0.2) is 11.7 Å². The Hall–Kier alpha value is -0.890. The first kappa shape index (κ1) is 10.2. The number of aryl methyl sites for hydroxylation is 2. The number of unbranched alkanes of at least 4 members (excludes halogenated alkanes) is 2. The van der Waals surface area contributed by atoms with E-state index in [1.807, 2.05) is 0 Å². The van der Waals surface area contributed by atoms with Crippen LogP contribution in [0.4, 0.5) is 0 Å². The first-order valence-electron chi connectivity index (χ1n) is 4.89. The highest BCUT2D eigenvalue weighted by atomic mass is 16.2. The number of aliphatic hydroxyl groups is 1. The van der Waals surface area contributed by atoms with Crippen molar-refractivity contribution in [1.82, 2.24) is 0 Å². The maximum Gasteiger partial charge on any atom is 0.169 e. The molecule has 0 spiro atoms. The molecule has 2 nitrogen and oxygen atoms in total. The standard InChI is InChI=1S/C11H18NO/c1-11-5-8-12(9-6-11)7-3-2-4-10-13/h5-6,8-9,13H,2-4,7,10H2,1H3/q+1. The van der Waals surface area contributed by atoms with E-state index in [4.69, 9.17) is 5.11 Å². The molecule has 0 aliphatic heterocycles. The Bertz CT molecular complexity index is 230. The molecule has 0 amide bonds. The molecule has 0 unspecified atom stereocenters. The molecular formula is C11H18NO+. The van der Waals surface area contributed by atoms with Crippen LogP contribution in [0, 0.1) is 6.92 Å². The van der Waals surface area contributed by atoms with E-state index in [2.05, 4.69) is 36.0 Å². The molecule has 0 bridgehead atoms. The lowest BCUT2D eigenvalue weighted by atomic mass is 10.2. The van der Waals surface area contributed by atoms with Crippen LogP contribution in [0.1, 0.15) is 24.8 Å². The monoisotopic (exact) mass is 180 g/mol. The van der Waals surface area contributed by atoms with Crippen molar-refractivity contribution < 1.29 is 9.67 Å². The molecule has 13 heavy (non-hydrogen) atoms. The van der Waals surface area contributed by atoms with Crippen LogP contribution in [0.3, 0.4) is 0 Å². The van der Waals surface area contributed by atoms with E-state index in [1.54, 1.807) is 0 Å². The third-order valence-corrected chi connectivity index (χ3v) is 2.13. The summed E-state index contributed by atoms with van der Waals surface area (Å²) in [6.45, 7) is 3.47. The van der Waals surface area contributed by atoms with E-state index in [0.717, 1.165) is 25.8 Å². The first-order valence-corrected chi connectivity index (χ1v) is 4.89. The van der Waals surface area contributed by atoms with Crippen molar-refractivity contribution in [3.05, 3.63) is 30.1 Å². The highest BCUT2D eigenvalue weighted by molar-refractivity contribution is 5.03. The number of hydrogen-bond donors (Lipinski definition) is 1. The molecule has 72 valence electrons. The fourth-order valence-corrected chi connectivity index (χ4v) is 1.26. The average molecular weight is 180 g/mol. The normalized spacial score (nSPS) is 10.3. The Balaban J connectivity index is 2.25. The summed E-state index contributed by atoms with van der Waals surface area (Å²) in [5.41, 5.74) is 1.30. The van der Waals surface area contributed by atoms with Gasteiger partial charge in [0.05, 0.1) is 0 Å². The van der Waals surface area contributed by atoms with Gasteiger partial charge >= 0.3 is 0 Å². The fourth-order valence-electron chi connectivity index (χ4n) is 1.26. The molecule has 0 aliphatic rings. The van der Waals surface area contributed by atoms with Gasteiger partial charge in [-0.3, -0.25) is 0 Å². The fraction of sp³-hybridized carbons (Fsp3) is 0.545. The number of hydrogen-bond acceptors (Lipinski definition) is 1. The molecule has 0 saturated heterocycles. The Morgan fingerprint density at radius 2 is 1.85 bits per heavy atom. The SMILES string of the molecule is Cc1cc[n+](CCCCCO)cc1. The topological polar surface area (TPSA) is 24.1 Å². The molecule has 0 radical (unpaired) electrons. The second-order valence-corrected chi connectivity index (χ2v) is 3.40. The van der Waals surface area contributed by atoms with Gasteiger partial charge in [0, 0.05) is 25.2 Å². The van der Waals surface area contributed by atoms with E-state index >= 15 is 0 Å². The quantitative estimate of drug-likeness (QED) is 0.538. The van der Waals surface area contributed by atoms with Crippen LogP contribution >= 0.6 is 0 Å². The van der Waals surface area contributed by atoms with Gasteiger partial charge in [-0.1, -0.05) is 0 Å². The zero-order chi connectivity index (χ0) is 9.52. The van der Waals surface area contributed by atoms with E-state index < -0.39 is 0 Å². The van der Waals surface area contributed by atoms with Crippen molar-refractivity contribution in [1.29, 1.82) is 0 Å². The number of nitrogens with zero attached hydrogens (tertiary/aromatic N) is 1. The lowest BCUT2D eigenvalue weighted by Crippen LogP contribution is -2.32. The van der Waals surface area contributed by atoms with Gasteiger partial charge in [-0.05, 0) is 25.3 Å². The number of pyridine rings is 1. The van der Waals surface area contributed by atoms with Crippen LogP contribution in [0.2, 0.25) is 0 Å². The van der Waals surface area contributed by atoms with Crippen molar-refractivity contribution in [3.63, 3.8) is 0 Å². The van der Waals surface area contributed by atoms with Gasteiger partial charge in [-0.15, -0.1) is 0 Å². The Labute approximate surface area is 79.8 Å². The van der Waals surface area contributed by atoms with Crippen LogP contribution in [0.25, 0.3) is 0 Å². The molecule has 1 aromatic rings. The minimum Gasteiger partial charge on any atom is -0.396 e. The predicted octanol–water partition coefficient (Wildman–Crippen LogP) is 1.45. The smallest absolute Gasteiger partial charge is 0.169 e. The molecule has 0 fully saturated rings. The van der Waals surface area contributed by atoms with E-state index in [9.17, 15) is 0 Å². The molecule has 0 atom stereocenters. The van der Waals surface area contributed by atoms with Crippen LogP contribution in [-0.2, 0) is 6.54 Å². The maximum absolute atomic E-state index is 8.59. The molecule has 1 heterocycles. The summed E-state index contributed by atoms with van der Waals surface area (Å²) < 4.78 is 2.18. The van der Waals surface area contributed by atoms with Crippen molar-refractivity contribution in [2.45, 2.75) is 32.7 Å².